The summed E-state index contributed by atoms with van der Waals surface area (Å²) in [5.74, 6) is -3.11. The number of aliphatic hydroxyl groups excluding tert-OH is 1. The Kier molecular flexibility index (Phi) is 12.8. The number of amides is 3. The van der Waals surface area contributed by atoms with E-state index in [1.54, 1.807) is 30.3 Å². The molecule has 2 aromatic rings. The van der Waals surface area contributed by atoms with Crippen molar-refractivity contribution in [3.63, 3.8) is 0 Å². The molecule has 0 spiro atoms. The van der Waals surface area contributed by atoms with Crippen molar-refractivity contribution in [3.8, 4) is 0 Å². The summed E-state index contributed by atoms with van der Waals surface area (Å²) in [5, 5.41) is 28.9. The highest BCUT2D eigenvalue weighted by Gasteiger charge is 2.33. The van der Waals surface area contributed by atoms with Crippen LogP contribution in [0.3, 0.4) is 0 Å². The normalized spacial score (nSPS) is 13.4. The summed E-state index contributed by atoms with van der Waals surface area (Å²) in [6.07, 6.45) is -1.24. The predicted octanol–water partition coefficient (Wildman–Crippen LogP) is -0.428. The van der Waals surface area contributed by atoms with Gasteiger partial charge in [0.25, 0.3) is 5.69 Å². The van der Waals surface area contributed by atoms with Crippen LogP contribution in [0.4, 0.5) is 5.69 Å². The number of nitrogens with two attached hydrogens (primary N) is 2. The molecule has 0 aliphatic rings. The van der Waals surface area contributed by atoms with Gasteiger partial charge in [-0.2, -0.15) is 0 Å². The number of ether oxygens (including phenoxy) is 1. The number of esters is 1. The van der Waals surface area contributed by atoms with Crippen molar-refractivity contribution >= 4 is 35.3 Å². The zero-order chi connectivity index (χ0) is 31.2. The average Bonchev–Trinajstić information content (AvgIpc) is 2.96. The lowest BCUT2D eigenvalue weighted by molar-refractivity contribution is -0.384. The molecular weight excluding hydrogens is 550 g/mol. The largest absolute Gasteiger partial charge is 0.467 e. The zero-order valence-corrected chi connectivity index (χ0v) is 23.2. The Hall–Kier alpha value is -5.05. The summed E-state index contributed by atoms with van der Waals surface area (Å²) in [5.41, 5.74) is 11.3. The second kappa shape index (κ2) is 16.3. The number of hydrogen-bond acceptors (Lipinski definition) is 9. The van der Waals surface area contributed by atoms with Gasteiger partial charge >= 0.3 is 5.97 Å². The quantitative estimate of drug-likeness (QED) is 0.0393. The smallest absolute Gasteiger partial charge is 0.333 e. The number of benzene rings is 2. The molecule has 0 fully saturated rings. The van der Waals surface area contributed by atoms with Crippen LogP contribution in [-0.2, 0) is 30.3 Å². The third kappa shape index (κ3) is 10.5. The van der Waals surface area contributed by atoms with E-state index in [-0.39, 0.29) is 37.5 Å². The van der Waals surface area contributed by atoms with Gasteiger partial charge in [-0.1, -0.05) is 42.5 Å². The highest BCUT2D eigenvalue weighted by molar-refractivity contribution is 5.94. The monoisotopic (exact) mass is 585 g/mol. The van der Waals surface area contributed by atoms with Gasteiger partial charge in [-0.25, -0.2) is 4.79 Å². The average molecular weight is 586 g/mol. The van der Waals surface area contributed by atoms with Crippen LogP contribution < -0.4 is 27.4 Å². The van der Waals surface area contributed by atoms with E-state index >= 15 is 0 Å². The number of methoxy groups -OCH3 is 1. The second-order valence-corrected chi connectivity index (χ2v) is 9.26. The lowest BCUT2D eigenvalue weighted by Gasteiger charge is -2.26. The third-order valence-corrected chi connectivity index (χ3v) is 6.01. The van der Waals surface area contributed by atoms with Crippen LogP contribution in [0.2, 0.25) is 0 Å². The molecule has 15 heteroatoms. The minimum absolute atomic E-state index is 0.0287. The zero-order valence-electron chi connectivity index (χ0n) is 23.2. The molecule has 226 valence electrons. The summed E-state index contributed by atoms with van der Waals surface area (Å²) in [6.45, 7) is 1.45. The summed E-state index contributed by atoms with van der Waals surface area (Å²) in [6, 6.07) is 9.64. The van der Waals surface area contributed by atoms with E-state index in [0.717, 1.165) is 7.11 Å². The number of carbonyl (C=O) groups excluding carboxylic acids is 4. The molecule has 0 saturated carbocycles. The Bertz CT molecular complexity index is 1270. The Morgan fingerprint density at radius 1 is 1.00 bits per heavy atom. The van der Waals surface area contributed by atoms with Crippen molar-refractivity contribution in [2.75, 3.05) is 13.7 Å². The minimum atomic E-state index is -1.52. The second-order valence-electron chi connectivity index (χ2n) is 9.26. The SMILES string of the molecule is COC(=O)[C@@H](NC(=O)[C@@H](NC(=O)[C@H](Cc1ccc([N+](=O)[O-])cc1)NC(=O)CCCN=C(N)N)C(C)O)c1ccccc1. The van der Waals surface area contributed by atoms with Crippen LogP contribution in [0.1, 0.15) is 36.9 Å². The molecule has 0 aromatic heterocycles. The molecular formula is C27H35N7O8. The molecule has 42 heavy (non-hydrogen) atoms. The number of guanidine groups is 1. The lowest BCUT2D eigenvalue weighted by atomic mass is 10.0. The van der Waals surface area contributed by atoms with Gasteiger partial charge < -0.3 is 37.3 Å². The maximum atomic E-state index is 13.4. The standard InChI is InChI=1S/C27H35N7O8/c1-16(35)22(25(38)33-23(26(39)42-2)18-7-4-3-5-8-18)32-24(37)20(31-21(36)9-6-14-30-27(28)29)15-17-10-12-19(13-11-17)34(40)41/h3-5,7-8,10-13,16,20,22-23,35H,6,9,14-15H2,1-2H3,(H,31,36)(H,32,37)(H,33,38)(H4,28,29,30)/t16?,20-,22-,23-/m0/s1. The molecule has 0 aliphatic heterocycles. The van der Waals surface area contributed by atoms with Gasteiger partial charge in [0, 0.05) is 31.5 Å². The number of hydrogen-bond donors (Lipinski definition) is 6. The maximum absolute atomic E-state index is 13.4. The first-order valence-corrected chi connectivity index (χ1v) is 12.9. The highest BCUT2D eigenvalue weighted by Crippen LogP contribution is 2.16. The van der Waals surface area contributed by atoms with Gasteiger partial charge in [0.2, 0.25) is 17.7 Å². The lowest BCUT2D eigenvalue weighted by Crippen LogP contribution is -2.58. The fourth-order valence-corrected chi connectivity index (χ4v) is 3.85. The summed E-state index contributed by atoms with van der Waals surface area (Å²) >= 11 is 0. The predicted molar refractivity (Wildman–Crippen MR) is 152 cm³/mol. The summed E-state index contributed by atoms with van der Waals surface area (Å²) in [7, 11) is 1.15. The van der Waals surface area contributed by atoms with Crippen molar-refractivity contribution < 1.29 is 33.9 Å². The number of aliphatic imine (C=N–C) groups is 1. The van der Waals surface area contributed by atoms with Crippen molar-refractivity contribution in [2.45, 2.75) is 50.4 Å². The van der Waals surface area contributed by atoms with E-state index in [0.29, 0.717) is 11.1 Å². The molecule has 4 atom stereocenters. The van der Waals surface area contributed by atoms with E-state index < -0.39 is 52.8 Å². The molecule has 0 aliphatic carbocycles. The van der Waals surface area contributed by atoms with Crippen molar-refractivity contribution in [1.82, 2.24) is 16.0 Å². The summed E-state index contributed by atoms with van der Waals surface area (Å²) in [4.78, 5) is 65.8. The van der Waals surface area contributed by atoms with Gasteiger partial charge in [0.15, 0.2) is 12.0 Å². The number of nitrogens with zero attached hydrogens (tertiary/aromatic N) is 2. The molecule has 8 N–H and O–H groups in total. The Morgan fingerprint density at radius 3 is 2.19 bits per heavy atom. The van der Waals surface area contributed by atoms with E-state index in [1.165, 1.54) is 31.2 Å². The fourth-order valence-electron chi connectivity index (χ4n) is 3.85. The fraction of sp³-hybridized carbons (Fsp3) is 0.370. The van der Waals surface area contributed by atoms with Crippen LogP contribution in [0, 0.1) is 10.1 Å². The Labute approximate surface area is 241 Å². The number of rotatable bonds is 15. The Morgan fingerprint density at radius 2 is 1.64 bits per heavy atom. The molecule has 2 aromatic carbocycles. The van der Waals surface area contributed by atoms with Crippen molar-refractivity contribution in [1.29, 1.82) is 0 Å². The van der Waals surface area contributed by atoms with Crippen LogP contribution in [0.25, 0.3) is 0 Å². The molecule has 2 rings (SSSR count). The topological polar surface area (TPSA) is 241 Å². The number of aliphatic hydroxyl groups is 1. The van der Waals surface area contributed by atoms with Gasteiger partial charge in [0.05, 0.1) is 18.1 Å². The van der Waals surface area contributed by atoms with E-state index in [2.05, 4.69) is 20.9 Å². The van der Waals surface area contributed by atoms with Crippen LogP contribution in [-0.4, -0.2) is 71.5 Å². The molecule has 0 bridgehead atoms. The van der Waals surface area contributed by atoms with Gasteiger partial charge in [-0.05, 0) is 24.5 Å². The summed E-state index contributed by atoms with van der Waals surface area (Å²) < 4.78 is 4.80. The van der Waals surface area contributed by atoms with Crippen LogP contribution in [0.15, 0.2) is 59.6 Å². The van der Waals surface area contributed by atoms with E-state index in [1.807, 2.05) is 0 Å². The molecule has 3 amide bonds. The first kappa shape index (κ1) is 33.2. The van der Waals surface area contributed by atoms with E-state index in [4.69, 9.17) is 16.2 Å². The molecule has 15 nitrogen and oxygen atoms in total. The first-order valence-electron chi connectivity index (χ1n) is 12.9. The number of nitro benzene ring substituents is 1. The number of nitrogens with one attached hydrogen (secondary N) is 3. The van der Waals surface area contributed by atoms with E-state index in [9.17, 15) is 34.4 Å². The van der Waals surface area contributed by atoms with Crippen LogP contribution in [0.5, 0.6) is 0 Å². The number of carbonyl (C=O) groups is 4. The van der Waals surface area contributed by atoms with Crippen molar-refractivity contribution in [3.05, 3.63) is 75.8 Å². The molecule has 1 unspecified atom stereocenters. The molecule has 0 heterocycles. The van der Waals surface area contributed by atoms with Crippen molar-refractivity contribution in [2.24, 2.45) is 16.5 Å². The Balaban J connectivity index is 2.24. The molecule has 0 saturated heterocycles. The minimum Gasteiger partial charge on any atom is -0.467 e. The number of non-ortho nitro benzene ring substituents is 1. The first-order chi connectivity index (χ1) is 19.9. The number of nitro groups is 1. The molecule has 0 radical (unpaired) electrons. The maximum Gasteiger partial charge on any atom is 0.333 e. The van der Waals surface area contributed by atoms with Gasteiger partial charge in [0.1, 0.15) is 12.1 Å². The highest BCUT2D eigenvalue weighted by atomic mass is 16.6. The van der Waals surface area contributed by atoms with Crippen LogP contribution >= 0.6 is 0 Å². The third-order valence-electron chi connectivity index (χ3n) is 6.01. The van der Waals surface area contributed by atoms with Gasteiger partial charge in [-0.15, -0.1) is 0 Å². The van der Waals surface area contributed by atoms with Gasteiger partial charge in [-0.3, -0.25) is 29.5 Å².